The summed E-state index contributed by atoms with van der Waals surface area (Å²) >= 11 is 13.4. The van der Waals surface area contributed by atoms with Crippen LogP contribution in [-0.4, -0.2) is 41.0 Å². The number of aromatic nitrogens is 1. The number of hydrogen-bond acceptors (Lipinski definition) is 5. The van der Waals surface area contributed by atoms with Crippen LogP contribution < -0.4 is 5.73 Å². The number of piperidine rings is 1. The van der Waals surface area contributed by atoms with Crippen LogP contribution in [0.2, 0.25) is 10.0 Å². The number of fused-ring (bicyclic) bond motifs is 2. The highest BCUT2D eigenvalue weighted by Crippen LogP contribution is 2.52. The molecular formula is C28H27Cl2N3O3. The van der Waals surface area contributed by atoms with E-state index in [9.17, 15) is 9.59 Å². The van der Waals surface area contributed by atoms with Crippen molar-refractivity contribution in [3.8, 4) is 0 Å². The third-order valence-corrected chi connectivity index (χ3v) is 8.38. The quantitative estimate of drug-likeness (QED) is 0.442. The van der Waals surface area contributed by atoms with Crippen molar-refractivity contribution in [1.29, 1.82) is 0 Å². The van der Waals surface area contributed by atoms with E-state index in [1.807, 2.05) is 48.5 Å². The molecule has 0 aliphatic carbocycles. The van der Waals surface area contributed by atoms with Gasteiger partial charge in [-0.1, -0.05) is 59.6 Å². The van der Waals surface area contributed by atoms with Gasteiger partial charge in [0.15, 0.2) is 0 Å². The average Bonchev–Trinajstić information content (AvgIpc) is 3.14. The molecule has 0 radical (unpaired) electrons. The third kappa shape index (κ3) is 4.17. The van der Waals surface area contributed by atoms with Crippen LogP contribution >= 0.6 is 23.2 Å². The number of amides is 1. The van der Waals surface area contributed by atoms with Gasteiger partial charge in [-0.3, -0.25) is 14.7 Å². The number of hydrogen-bond donors (Lipinski definition) is 1. The highest BCUT2D eigenvalue weighted by molar-refractivity contribution is 6.32. The lowest BCUT2D eigenvalue weighted by Gasteiger charge is -2.48. The zero-order chi connectivity index (χ0) is 25.4. The van der Waals surface area contributed by atoms with Gasteiger partial charge in [-0.25, -0.2) is 4.79 Å². The number of ether oxygens (including phenoxy) is 1. The Balaban J connectivity index is 1.56. The number of nitrogens with zero attached hydrogens (tertiary/aromatic N) is 2. The molecule has 3 heterocycles. The molecule has 2 N–H and O–H groups in total. The van der Waals surface area contributed by atoms with Gasteiger partial charge < -0.3 is 10.5 Å². The molecular weight excluding hydrogens is 497 g/mol. The van der Waals surface area contributed by atoms with Gasteiger partial charge in [-0.15, -0.1) is 0 Å². The smallest absolute Gasteiger partial charge is 0.339 e. The molecule has 2 bridgehead atoms. The standard InChI is InChI=1S/C28H27Cl2N3O3/c1-36-26(34)17-10-13-24(32-16-17)28(27(31)35)14-18-11-12-19(15-28)33(18)25(20-6-2-4-8-22(20)29)21-7-3-5-9-23(21)30/h2-10,13,16,18-19,25H,11-12,14-15H2,1H3,(H2,31,35)/t18-,19+,28?. The molecule has 1 aromatic heterocycles. The maximum absolute atomic E-state index is 13.0. The van der Waals surface area contributed by atoms with Crippen molar-refractivity contribution < 1.29 is 14.3 Å². The molecule has 2 aliphatic rings. The zero-order valence-corrected chi connectivity index (χ0v) is 21.4. The molecule has 2 aromatic carbocycles. The van der Waals surface area contributed by atoms with Crippen LogP contribution in [-0.2, 0) is 14.9 Å². The Kier molecular flexibility index (Phi) is 6.77. The summed E-state index contributed by atoms with van der Waals surface area (Å²) in [6, 6.07) is 19.0. The Morgan fingerprint density at radius 3 is 1.97 bits per heavy atom. The molecule has 8 heteroatoms. The maximum atomic E-state index is 13.0. The van der Waals surface area contributed by atoms with Crippen molar-refractivity contribution in [2.24, 2.45) is 5.73 Å². The molecule has 0 saturated carbocycles. The van der Waals surface area contributed by atoms with Crippen molar-refractivity contribution in [3.63, 3.8) is 0 Å². The number of carbonyl (C=O) groups excluding carboxylic acids is 2. The Bertz CT molecular complexity index is 1240. The normalized spacial score (nSPS) is 23.6. The fourth-order valence-corrected chi connectivity index (χ4v) is 6.52. The van der Waals surface area contributed by atoms with Crippen LogP contribution in [0.4, 0.5) is 0 Å². The molecule has 0 spiro atoms. The van der Waals surface area contributed by atoms with E-state index in [0.717, 1.165) is 24.0 Å². The number of pyridine rings is 1. The molecule has 36 heavy (non-hydrogen) atoms. The lowest BCUT2D eigenvalue weighted by atomic mass is 9.70. The summed E-state index contributed by atoms with van der Waals surface area (Å²) in [5.41, 5.74) is 8.03. The molecule has 6 nitrogen and oxygen atoms in total. The predicted molar refractivity (Wildman–Crippen MR) is 139 cm³/mol. The predicted octanol–water partition coefficient (Wildman–Crippen LogP) is 5.31. The van der Waals surface area contributed by atoms with E-state index < -0.39 is 17.3 Å². The second-order valence-electron chi connectivity index (χ2n) is 9.56. The second-order valence-corrected chi connectivity index (χ2v) is 10.4. The van der Waals surface area contributed by atoms with Crippen LogP contribution in [0.3, 0.4) is 0 Å². The Labute approximate surface area is 220 Å². The Hall–Kier alpha value is -2.93. The van der Waals surface area contributed by atoms with Crippen molar-refractivity contribution >= 4 is 35.1 Å². The molecule has 2 aliphatic heterocycles. The highest BCUT2D eigenvalue weighted by atomic mass is 35.5. The summed E-state index contributed by atoms with van der Waals surface area (Å²) in [7, 11) is 1.32. The molecule has 186 valence electrons. The van der Waals surface area contributed by atoms with Crippen molar-refractivity contribution in [1.82, 2.24) is 9.88 Å². The highest BCUT2D eigenvalue weighted by Gasteiger charge is 2.55. The van der Waals surface area contributed by atoms with E-state index in [-0.39, 0.29) is 18.1 Å². The zero-order valence-electron chi connectivity index (χ0n) is 19.9. The monoisotopic (exact) mass is 523 g/mol. The number of esters is 1. The van der Waals surface area contributed by atoms with E-state index in [1.54, 1.807) is 12.1 Å². The van der Waals surface area contributed by atoms with Crippen LogP contribution in [0.25, 0.3) is 0 Å². The fraction of sp³-hybridized carbons (Fsp3) is 0.321. The number of halogens is 2. The summed E-state index contributed by atoms with van der Waals surface area (Å²) in [5.74, 6) is -0.871. The van der Waals surface area contributed by atoms with E-state index in [4.69, 9.17) is 33.7 Å². The van der Waals surface area contributed by atoms with Gasteiger partial charge in [0.1, 0.15) is 0 Å². The van der Waals surface area contributed by atoms with Gasteiger partial charge in [0, 0.05) is 28.3 Å². The molecule has 2 saturated heterocycles. The summed E-state index contributed by atoms with van der Waals surface area (Å²) in [6.45, 7) is 0. The summed E-state index contributed by atoms with van der Waals surface area (Å²) in [5, 5.41) is 1.35. The Morgan fingerprint density at radius 1 is 0.972 bits per heavy atom. The summed E-state index contributed by atoms with van der Waals surface area (Å²) < 4.78 is 4.78. The number of benzene rings is 2. The summed E-state index contributed by atoms with van der Waals surface area (Å²) in [6.07, 6.45) is 4.34. The van der Waals surface area contributed by atoms with Gasteiger partial charge in [0.25, 0.3) is 0 Å². The van der Waals surface area contributed by atoms with Crippen LogP contribution in [0, 0.1) is 0 Å². The molecule has 2 fully saturated rings. The first-order valence-corrected chi connectivity index (χ1v) is 12.7. The number of rotatable bonds is 6. The van der Waals surface area contributed by atoms with Crippen LogP contribution in [0.5, 0.6) is 0 Å². The minimum absolute atomic E-state index is 0.0656. The van der Waals surface area contributed by atoms with Crippen molar-refractivity contribution in [3.05, 3.63) is 99.3 Å². The number of primary amides is 1. The molecule has 1 amide bonds. The van der Waals surface area contributed by atoms with Crippen molar-refractivity contribution in [2.75, 3.05) is 7.11 Å². The minimum atomic E-state index is -0.928. The molecule has 1 unspecified atom stereocenters. The molecule has 5 rings (SSSR count). The van der Waals surface area contributed by atoms with Crippen molar-refractivity contribution in [2.45, 2.75) is 49.2 Å². The third-order valence-electron chi connectivity index (χ3n) is 7.69. The van der Waals surface area contributed by atoms with Crippen LogP contribution in [0.15, 0.2) is 66.9 Å². The molecule has 3 atom stereocenters. The fourth-order valence-electron chi connectivity index (χ4n) is 6.04. The molecule has 3 aromatic rings. The van der Waals surface area contributed by atoms with E-state index in [0.29, 0.717) is 34.1 Å². The van der Waals surface area contributed by atoms with E-state index in [1.165, 1.54) is 13.3 Å². The van der Waals surface area contributed by atoms with E-state index in [2.05, 4.69) is 9.88 Å². The minimum Gasteiger partial charge on any atom is -0.465 e. The summed E-state index contributed by atoms with van der Waals surface area (Å²) in [4.78, 5) is 31.9. The number of carbonyl (C=O) groups is 2. The number of methoxy groups -OCH3 is 1. The topological polar surface area (TPSA) is 85.5 Å². The number of nitrogens with two attached hydrogens (primary N) is 1. The van der Waals surface area contributed by atoms with Gasteiger partial charge in [0.2, 0.25) is 5.91 Å². The van der Waals surface area contributed by atoms with Gasteiger partial charge in [0.05, 0.1) is 29.8 Å². The van der Waals surface area contributed by atoms with E-state index >= 15 is 0 Å². The maximum Gasteiger partial charge on any atom is 0.339 e. The van der Waals surface area contributed by atoms with Crippen LogP contribution in [0.1, 0.15) is 58.9 Å². The lowest BCUT2D eigenvalue weighted by Crippen LogP contribution is -2.56. The SMILES string of the molecule is COC(=O)c1ccc(C2(C(N)=O)C[C@H]3CC[C@@H](C2)N3C(c2ccccc2Cl)c2ccccc2Cl)nc1. The first-order valence-electron chi connectivity index (χ1n) is 12.0. The largest absolute Gasteiger partial charge is 0.465 e. The van der Waals surface area contributed by atoms with Gasteiger partial charge in [-0.05, 0) is 61.1 Å². The first-order chi connectivity index (χ1) is 17.4. The average molecular weight is 524 g/mol. The second kappa shape index (κ2) is 9.85. The lowest BCUT2D eigenvalue weighted by molar-refractivity contribution is -0.127. The first kappa shape index (κ1) is 24.8. The Morgan fingerprint density at radius 2 is 1.53 bits per heavy atom. The van der Waals surface area contributed by atoms with Gasteiger partial charge >= 0.3 is 5.97 Å². The van der Waals surface area contributed by atoms with Gasteiger partial charge in [-0.2, -0.15) is 0 Å².